The van der Waals surface area contributed by atoms with Crippen molar-refractivity contribution >= 4 is 0 Å². The predicted octanol–water partition coefficient (Wildman–Crippen LogP) is 3.14. The maximum absolute atomic E-state index is 5.96. The second-order valence-electron chi connectivity index (χ2n) is 5.19. The van der Waals surface area contributed by atoms with Crippen LogP contribution in [-0.4, -0.2) is 6.10 Å². The molecule has 0 bridgehead atoms. The van der Waals surface area contributed by atoms with Gasteiger partial charge in [0, 0.05) is 5.56 Å². The number of ether oxygens (including phenoxy) is 1. The molecule has 0 aliphatic heterocycles. The van der Waals surface area contributed by atoms with Gasteiger partial charge in [0.2, 0.25) is 0 Å². The molecule has 0 unspecified atom stereocenters. The van der Waals surface area contributed by atoms with Gasteiger partial charge in [-0.05, 0) is 44.6 Å². The molecule has 1 aromatic rings. The van der Waals surface area contributed by atoms with Crippen LogP contribution in [0.4, 0.5) is 0 Å². The van der Waals surface area contributed by atoms with Gasteiger partial charge in [0.05, 0.1) is 19.3 Å². The summed E-state index contributed by atoms with van der Waals surface area (Å²) in [7, 11) is 0. The molecule has 0 atom stereocenters. The van der Waals surface area contributed by atoms with Gasteiger partial charge in [-0.3, -0.25) is 0 Å². The third-order valence-corrected chi connectivity index (χ3v) is 3.71. The van der Waals surface area contributed by atoms with Gasteiger partial charge in [-0.25, -0.2) is 0 Å². The first-order valence-corrected chi connectivity index (χ1v) is 6.59. The Bertz CT molecular complexity index is 351. The number of rotatable bonds is 4. The molecule has 3 heteroatoms. The lowest BCUT2D eigenvalue weighted by molar-refractivity contribution is 0.00831. The normalized spacial score (nSPS) is 25.1. The van der Waals surface area contributed by atoms with Crippen LogP contribution in [0.15, 0.2) is 10.5 Å². The zero-order chi connectivity index (χ0) is 12.3. The van der Waals surface area contributed by atoms with Crippen LogP contribution in [0, 0.1) is 12.8 Å². The molecule has 1 aromatic heterocycles. The number of hydrogen-bond donors (Lipinski definition) is 1. The van der Waals surface area contributed by atoms with Gasteiger partial charge in [0.1, 0.15) is 11.5 Å². The van der Waals surface area contributed by atoms with E-state index in [1.165, 1.54) is 25.7 Å². The Kier molecular flexibility index (Phi) is 4.24. The first-order valence-electron chi connectivity index (χ1n) is 6.59. The lowest BCUT2D eigenvalue weighted by Crippen LogP contribution is -2.20. The molecule has 1 aliphatic rings. The summed E-state index contributed by atoms with van der Waals surface area (Å²) in [6, 6.07) is 2.01. The summed E-state index contributed by atoms with van der Waals surface area (Å²) in [5.74, 6) is 2.65. The minimum atomic E-state index is 0.432. The molecule has 0 aromatic carbocycles. The summed E-state index contributed by atoms with van der Waals surface area (Å²) >= 11 is 0. The lowest BCUT2D eigenvalue weighted by Gasteiger charge is -2.26. The van der Waals surface area contributed by atoms with Gasteiger partial charge >= 0.3 is 0 Å². The van der Waals surface area contributed by atoms with Crippen molar-refractivity contribution in [2.45, 2.75) is 58.8 Å². The second-order valence-corrected chi connectivity index (χ2v) is 5.19. The van der Waals surface area contributed by atoms with Crippen LogP contribution in [0.1, 0.15) is 49.7 Å². The molecule has 2 rings (SSSR count). The third kappa shape index (κ3) is 3.33. The SMILES string of the molecule is Cc1oc(CN)cc1COC1CCC(C)CC1. The summed E-state index contributed by atoms with van der Waals surface area (Å²) in [6.07, 6.45) is 5.41. The lowest BCUT2D eigenvalue weighted by atomic mass is 9.89. The van der Waals surface area contributed by atoms with Crippen molar-refractivity contribution in [3.05, 3.63) is 23.2 Å². The van der Waals surface area contributed by atoms with Crippen molar-refractivity contribution in [2.24, 2.45) is 11.7 Å². The molecular formula is C14H23NO2. The quantitative estimate of drug-likeness (QED) is 0.875. The molecule has 1 saturated carbocycles. The highest BCUT2D eigenvalue weighted by Gasteiger charge is 2.19. The van der Waals surface area contributed by atoms with E-state index in [0.29, 0.717) is 19.3 Å². The van der Waals surface area contributed by atoms with Crippen LogP contribution in [0.5, 0.6) is 0 Å². The zero-order valence-corrected chi connectivity index (χ0v) is 10.9. The Morgan fingerprint density at radius 3 is 2.65 bits per heavy atom. The van der Waals surface area contributed by atoms with Crippen LogP contribution in [0.3, 0.4) is 0 Å². The summed E-state index contributed by atoms with van der Waals surface area (Å²) in [5, 5.41) is 0. The van der Waals surface area contributed by atoms with Crippen molar-refractivity contribution in [1.29, 1.82) is 0 Å². The van der Waals surface area contributed by atoms with E-state index in [1.807, 2.05) is 13.0 Å². The Morgan fingerprint density at radius 2 is 2.06 bits per heavy atom. The summed E-state index contributed by atoms with van der Waals surface area (Å²) in [6.45, 7) is 5.42. The Balaban J connectivity index is 1.83. The van der Waals surface area contributed by atoms with Crippen LogP contribution >= 0.6 is 0 Å². The predicted molar refractivity (Wildman–Crippen MR) is 67.5 cm³/mol. The number of aryl methyl sites for hydroxylation is 1. The molecule has 96 valence electrons. The van der Waals surface area contributed by atoms with E-state index in [2.05, 4.69) is 6.92 Å². The van der Waals surface area contributed by atoms with Crippen molar-refractivity contribution in [3.63, 3.8) is 0 Å². The van der Waals surface area contributed by atoms with Crippen LogP contribution < -0.4 is 5.73 Å². The van der Waals surface area contributed by atoms with E-state index in [1.54, 1.807) is 0 Å². The Labute approximate surface area is 103 Å². The number of hydrogen-bond acceptors (Lipinski definition) is 3. The molecule has 17 heavy (non-hydrogen) atoms. The van der Waals surface area contributed by atoms with Crippen molar-refractivity contribution in [3.8, 4) is 0 Å². The number of nitrogens with two attached hydrogens (primary N) is 1. The van der Waals surface area contributed by atoms with Gasteiger partial charge in [0.25, 0.3) is 0 Å². The van der Waals surface area contributed by atoms with Gasteiger partial charge in [-0.1, -0.05) is 6.92 Å². The topological polar surface area (TPSA) is 48.4 Å². The molecule has 0 saturated heterocycles. The van der Waals surface area contributed by atoms with Gasteiger partial charge < -0.3 is 14.9 Å². The van der Waals surface area contributed by atoms with E-state index >= 15 is 0 Å². The van der Waals surface area contributed by atoms with Gasteiger partial charge in [-0.15, -0.1) is 0 Å². The fraction of sp³-hybridized carbons (Fsp3) is 0.714. The number of furan rings is 1. The Morgan fingerprint density at radius 1 is 1.35 bits per heavy atom. The molecule has 2 N–H and O–H groups in total. The first-order chi connectivity index (χ1) is 8.19. The van der Waals surface area contributed by atoms with Crippen LogP contribution in [0.2, 0.25) is 0 Å². The van der Waals surface area contributed by atoms with E-state index in [0.717, 1.165) is 23.0 Å². The second kappa shape index (κ2) is 5.69. The summed E-state index contributed by atoms with van der Waals surface area (Å²) in [5.41, 5.74) is 6.69. The molecule has 3 nitrogen and oxygen atoms in total. The monoisotopic (exact) mass is 237 g/mol. The van der Waals surface area contributed by atoms with Crippen molar-refractivity contribution < 1.29 is 9.15 Å². The van der Waals surface area contributed by atoms with Gasteiger partial charge in [0.15, 0.2) is 0 Å². The standard InChI is InChI=1S/C14H23NO2/c1-10-3-5-13(6-4-10)16-9-12-7-14(8-15)17-11(12)2/h7,10,13H,3-6,8-9,15H2,1-2H3. The van der Waals surface area contributed by atoms with Crippen molar-refractivity contribution in [2.75, 3.05) is 0 Å². The molecule has 0 amide bonds. The first kappa shape index (κ1) is 12.7. The fourth-order valence-electron chi connectivity index (χ4n) is 2.44. The van der Waals surface area contributed by atoms with Crippen molar-refractivity contribution in [1.82, 2.24) is 0 Å². The third-order valence-electron chi connectivity index (χ3n) is 3.71. The van der Waals surface area contributed by atoms with Gasteiger partial charge in [-0.2, -0.15) is 0 Å². The smallest absolute Gasteiger partial charge is 0.118 e. The molecule has 1 aliphatic carbocycles. The largest absolute Gasteiger partial charge is 0.465 e. The molecule has 1 heterocycles. The Hall–Kier alpha value is -0.800. The average Bonchev–Trinajstić information content (AvgIpc) is 2.69. The maximum atomic E-state index is 5.96. The highest BCUT2D eigenvalue weighted by Crippen LogP contribution is 2.26. The highest BCUT2D eigenvalue weighted by molar-refractivity contribution is 5.19. The molecule has 0 spiro atoms. The highest BCUT2D eigenvalue weighted by atomic mass is 16.5. The molecule has 0 radical (unpaired) electrons. The minimum Gasteiger partial charge on any atom is -0.465 e. The summed E-state index contributed by atoms with van der Waals surface area (Å²) < 4.78 is 11.5. The van der Waals surface area contributed by atoms with Crippen LogP contribution in [-0.2, 0) is 17.9 Å². The van der Waals surface area contributed by atoms with E-state index in [-0.39, 0.29) is 0 Å². The molecular weight excluding hydrogens is 214 g/mol. The summed E-state index contributed by atoms with van der Waals surface area (Å²) in [4.78, 5) is 0. The van der Waals surface area contributed by atoms with E-state index < -0.39 is 0 Å². The average molecular weight is 237 g/mol. The minimum absolute atomic E-state index is 0.432. The fourth-order valence-corrected chi connectivity index (χ4v) is 2.44. The maximum Gasteiger partial charge on any atom is 0.118 e. The van der Waals surface area contributed by atoms with E-state index in [4.69, 9.17) is 14.9 Å². The molecule has 1 fully saturated rings. The van der Waals surface area contributed by atoms with E-state index in [9.17, 15) is 0 Å². The zero-order valence-electron chi connectivity index (χ0n) is 10.9. The van der Waals surface area contributed by atoms with Crippen LogP contribution in [0.25, 0.3) is 0 Å².